The van der Waals surface area contributed by atoms with Crippen molar-refractivity contribution in [3.05, 3.63) is 35.1 Å². The number of para-hydroxylation sites is 1. The van der Waals surface area contributed by atoms with Crippen LogP contribution in [0.3, 0.4) is 0 Å². The molecule has 2 rings (SSSR count). The van der Waals surface area contributed by atoms with Crippen LogP contribution in [0.15, 0.2) is 29.4 Å². The van der Waals surface area contributed by atoms with E-state index in [-0.39, 0.29) is 0 Å². The normalized spacial score (nSPS) is 11.1. The second-order valence-electron chi connectivity index (χ2n) is 4.66. The van der Waals surface area contributed by atoms with Gasteiger partial charge >= 0.3 is 0 Å². The van der Waals surface area contributed by atoms with Crippen molar-refractivity contribution in [2.24, 2.45) is 0 Å². The number of nitrogens with zero attached hydrogens (tertiary/aromatic N) is 3. The third-order valence-corrected chi connectivity index (χ3v) is 4.37. The first-order valence-corrected chi connectivity index (χ1v) is 8.66. The van der Waals surface area contributed by atoms with Gasteiger partial charge in [-0.15, -0.1) is 10.2 Å². The summed E-state index contributed by atoms with van der Waals surface area (Å²) in [6.07, 6.45) is 4.10. The molecule has 0 aliphatic carbocycles. The van der Waals surface area contributed by atoms with Gasteiger partial charge in [-0.2, -0.15) is 0 Å². The second kappa shape index (κ2) is 7.71. The molecule has 1 heterocycles. The molecule has 0 N–H and O–H groups in total. The molecular formula is C15H20ClN3OS. The molecule has 0 amide bonds. The van der Waals surface area contributed by atoms with Crippen molar-refractivity contribution in [1.29, 1.82) is 0 Å². The van der Waals surface area contributed by atoms with Crippen LogP contribution in [0.4, 0.5) is 0 Å². The molecule has 0 saturated heterocycles. The topological polar surface area (TPSA) is 39.9 Å². The van der Waals surface area contributed by atoms with Gasteiger partial charge in [0.1, 0.15) is 12.4 Å². The van der Waals surface area contributed by atoms with Crippen molar-refractivity contribution in [3.8, 4) is 5.75 Å². The third-order valence-electron chi connectivity index (χ3n) is 3.42. The highest BCUT2D eigenvalue weighted by atomic mass is 35.5. The zero-order valence-electron chi connectivity index (χ0n) is 12.5. The van der Waals surface area contributed by atoms with E-state index in [0.717, 1.165) is 23.8 Å². The van der Waals surface area contributed by atoms with Gasteiger partial charge in [0.15, 0.2) is 11.0 Å². The van der Waals surface area contributed by atoms with E-state index in [4.69, 9.17) is 16.3 Å². The Kier molecular flexibility index (Phi) is 5.94. The highest BCUT2D eigenvalue weighted by Gasteiger charge is 2.18. The molecule has 0 aliphatic heterocycles. The van der Waals surface area contributed by atoms with Gasteiger partial charge in [0.2, 0.25) is 0 Å². The molecule has 0 radical (unpaired) electrons. The van der Waals surface area contributed by atoms with Gasteiger partial charge in [-0.1, -0.05) is 49.3 Å². The molecule has 0 unspecified atom stereocenters. The number of rotatable bonds is 7. The number of thioether (sulfide) groups is 1. The molecule has 0 bridgehead atoms. The number of benzene rings is 1. The number of hydrogen-bond donors (Lipinski definition) is 0. The monoisotopic (exact) mass is 325 g/mol. The highest BCUT2D eigenvalue weighted by Crippen LogP contribution is 2.27. The Bertz CT molecular complexity index is 584. The zero-order chi connectivity index (χ0) is 15.2. The predicted molar refractivity (Wildman–Crippen MR) is 87.2 cm³/mol. The standard InChI is InChI=1S/C15H20ClN3OS/c1-4-11(5-2)19-14(17-18-15(19)21-3)10-20-13-9-7-6-8-12(13)16/h6-9,11H,4-5,10H2,1-3H3. The first kappa shape index (κ1) is 16.2. The molecule has 0 spiro atoms. The Balaban J connectivity index is 2.20. The minimum absolute atomic E-state index is 0.369. The predicted octanol–water partition coefficient (Wildman–Crippen LogP) is 4.59. The maximum absolute atomic E-state index is 6.11. The number of aromatic nitrogens is 3. The van der Waals surface area contributed by atoms with Crippen LogP contribution >= 0.6 is 23.4 Å². The molecule has 4 nitrogen and oxygen atoms in total. The molecule has 6 heteroatoms. The van der Waals surface area contributed by atoms with E-state index in [9.17, 15) is 0 Å². The average Bonchev–Trinajstić information content (AvgIpc) is 2.91. The molecule has 2 aromatic rings. The van der Waals surface area contributed by atoms with E-state index in [1.54, 1.807) is 11.8 Å². The molecule has 21 heavy (non-hydrogen) atoms. The summed E-state index contributed by atoms with van der Waals surface area (Å²) in [7, 11) is 0. The van der Waals surface area contributed by atoms with Crippen LogP contribution in [0, 0.1) is 0 Å². The number of halogens is 1. The summed E-state index contributed by atoms with van der Waals surface area (Å²) in [5.41, 5.74) is 0. The quantitative estimate of drug-likeness (QED) is 0.698. The maximum Gasteiger partial charge on any atom is 0.191 e. The van der Waals surface area contributed by atoms with E-state index in [2.05, 4.69) is 28.6 Å². The Morgan fingerprint density at radius 2 is 1.95 bits per heavy atom. The summed E-state index contributed by atoms with van der Waals surface area (Å²) in [5, 5.41) is 10.1. The lowest BCUT2D eigenvalue weighted by Crippen LogP contribution is -2.14. The molecule has 0 atom stereocenters. The molecule has 0 saturated carbocycles. The lowest BCUT2D eigenvalue weighted by Gasteiger charge is -2.18. The Morgan fingerprint density at radius 1 is 1.24 bits per heavy atom. The number of hydrogen-bond acceptors (Lipinski definition) is 4. The van der Waals surface area contributed by atoms with Crippen LogP contribution in [0.5, 0.6) is 5.75 Å². The van der Waals surface area contributed by atoms with Crippen molar-refractivity contribution in [2.45, 2.75) is 44.5 Å². The van der Waals surface area contributed by atoms with E-state index in [0.29, 0.717) is 23.4 Å². The van der Waals surface area contributed by atoms with Gasteiger partial charge in [-0.3, -0.25) is 0 Å². The highest BCUT2D eigenvalue weighted by molar-refractivity contribution is 7.98. The van der Waals surface area contributed by atoms with E-state index >= 15 is 0 Å². The van der Waals surface area contributed by atoms with Gasteiger partial charge < -0.3 is 9.30 Å². The summed E-state index contributed by atoms with van der Waals surface area (Å²) in [4.78, 5) is 0. The van der Waals surface area contributed by atoms with E-state index in [1.165, 1.54) is 0 Å². The Hall–Kier alpha value is -1.20. The molecule has 1 aromatic carbocycles. The summed E-state index contributed by atoms with van der Waals surface area (Å²) < 4.78 is 7.98. The lowest BCUT2D eigenvalue weighted by molar-refractivity contribution is 0.278. The van der Waals surface area contributed by atoms with Crippen molar-refractivity contribution in [2.75, 3.05) is 6.26 Å². The smallest absolute Gasteiger partial charge is 0.191 e. The van der Waals surface area contributed by atoms with Crippen molar-refractivity contribution >= 4 is 23.4 Å². The van der Waals surface area contributed by atoms with Crippen molar-refractivity contribution in [3.63, 3.8) is 0 Å². The van der Waals surface area contributed by atoms with Crippen LogP contribution < -0.4 is 4.74 Å². The molecule has 114 valence electrons. The fourth-order valence-electron chi connectivity index (χ4n) is 2.27. The van der Waals surface area contributed by atoms with Crippen LogP contribution in [0.25, 0.3) is 0 Å². The van der Waals surface area contributed by atoms with Crippen LogP contribution in [0.1, 0.15) is 38.6 Å². The number of ether oxygens (including phenoxy) is 1. The minimum Gasteiger partial charge on any atom is -0.484 e. The van der Waals surface area contributed by atoms with Gasteiger partial charge in [-0.25, -0.2) is 0 Å². The summed E-state index contributed by atoms with van der Waals surface area (Å²) >= 11 is 7.72. The van der Waals surface area contributed by atoms with E-state index < -0.39 is 0 Å². The van der Waals surface area contributed by atoms with Crippen LogP contribution in [0.2, 0.25) is 5.02 Å². The van der Waals surface area contributed by atoms with Gasteiger partial charge in [0.25, 0.3) is 0 Å². The summed E-state index contributed by atoms with van der Waals surface area (Å²) in [6.45, 7) is 4.72. The van der Waals surface area contributed by atoms with E-state index in [1.807, 2.05) is 30.5 Å². The Labute approximate surface area is 134 Å². The first-order valence-electron chi connectivity index (χ1n) is 7.06. The zero-order valence-corrected chi connectivity index (χ0v) is 14.1. The van der Waals surface area contributed by atoms with Crippen molar-refractivity contribution < 1.29 is 4.74 Å². The summed E-state index contributed by atoms with van der Waals surface area (Å²) in [5.74, 6) is 1.51. The van der Waals surface area contributed by atoms with Crippen LogP contribution in [-0.2, 0) is 6.61 Å². The van der Waals surface area contributed by atoms with Gasteiger partial charge in [-0.05, 0) is 31.2 Å². The fraction of sp³-hybridized carbons (Fsp3) is 0.467. The van der Waals surface area contributed by atoms with Crippen molar-refractivity contribution in [1.82, 2.24) is 14.8 Å². The second-order valence-corrected chi connectivity index (χ2v) is 5.84. The van der Waals surface area contributed by atoms with Gasteiger partial charge in [0.05, 0.1) is 5.02 Å². The minimum atomic E-state index is 0.369. The Morgan fingerprint density at radius 3 is 2.57 bits per heavy atom. The largest absolute Gasteiger partial charge is 0.484 e. The lowest BCUT2D eigenvalue weighted by atomic mass is 10.2. The molecule has 0 fully saturated rings. The van der Waals surface area contributed by atoms with Crippen LogP contribution in [-0.4, -0.2) is 21.0 Å². The molecular weight excluding hydrogens is 306 g/mol. The maximum atomic E-state index is 6.11. The fourth-order valence-corrected chi connectivity index (χ4v) is 3.03. The SMILES string of the molecule is CCC(CC)n1c(COc2ccccc2Cl)nnc1SC. The average molecular weight is 326 g/mol. The first-order chi connectivity index (χ1) is 10.2. The molecule has 1 aromatic heterocycles. The summed E-state index contributed by atoms with van der Waals surface area (Å²) in [6, 6.07) is 7.85. The van der Waals surface area contributed by atoms with Gasteiger partial charge in [0, 0.05) is 6.04 Å². The third kappa shape index (κ3) is 3.71. The molecule has 0 aliphatic rings.